The molecule has 66 heavy (non-hydrogen) atoms. The fourth-order valence-corrected chi connectivity index (χ4v) is 15.8. The predicted molar refractivity (Wildman–Crippen MR) is 278 cm³/mol. The number of hydrogen-bond donors (Lipinski definition) is 0. The van der Waals surface area contributed by atoms with Gasteiger partial charge < -0.3 is 13.7 Å². The lowest BCUT2D eigenvalue weighted by atomic mass is 10.1. The molecule has 0 aliphatic carbocycles. The van der Waals surface area contributed by atoms with Gasteiger partial charge in [0.05, 0.1) is 50.4 Å². The van der Waals surface area contributed by atoms with Crippen LogP contribution in [0.1, 0.15) is 5.56 Å². The largest absolute Gasteiger partial charge is 0.309 e. The minimum absolute atomic E-state index is 0.645. The summed E-state index contributed by atoms with van der Waals surface area (Å²) < 4.78 is 7.19. The number of aromatic nitrogens is 3. The Labute approximate surface area is 382 Å². The Bertz CT molecular complexity index is 3950. The van der Waals surface area contributed by atoms with Crippen LogP contribution in [-0.4, -0.2) is 21.8 Å². The summed E-state index contributed by atoms with van der Waals surface area (Å²) in [5.74, 6) is 0. The highest BCUT2D eigenvalue weighted by Crippen LogP contribution is 2.41. The molecule has 13 rings (SSSR count). The second kappa shape index (κ2) is 15.0. The zero-order chi connectivity index (χ0) is 43.8. The summed E-state index contributed by atoms with van der Waals surface area (Å²) in [6.45, 7) is 0. The molecule has 0 spiro atoms. The number of nitrogens with zero attached hydrogens (tertiary/aromatic N) is 4. The number of nitriles is 1. The zero-order valence-electron chi connectivity index (χ0n) is 35.9. The Kier molecular flexibility index (Phi) is 8.57. The maximum atomic E-state index is 9.98. The Balaban J connectivity index is 1.00. The molecule has 10 aromatic carbocycles. The molecule has 13 aromatic rings. The monoisotopic (exact) mass is 856 g/mol. The van der Waals surface area contributed by atoms with E-state index in [0.29, 0.717) is 5.56 Å². The van der Waals surface area contributed by atoms with Crippen LogP contribution in [-0.2, 0) is 0 Å². The third-order valence-electron chi connectivity index (χ3n) is 13.8. The minimum Gasteiger partial charge on any atom is -0.309 e. The summed E-state index contributed by atoms with van der Waals surface area (Å²) in [5, 5.41) is 22.5. The van der Waals surface area contributed by atoms with E-state index in [-0.39, 0.29) is 0 Å². The average molecular weight is 857 g/mol. The molecule has 0 bridgehead atoms. The first kappa shape index (κ1) is 37.8. The van der Waals surface area contributed by atoms with Crippen molar-refractivity contribution in [3.8, 4) is 23.1 Å². The fourth-order valence-electron chi connectivity index (χ4n) is 11.1. The molecule has 3 heterocycles. The molecule has 0 unspecified atom stereocenters. The van der Waals surface area contributed by atoms with Gasteiger partial charge in [0.2, 0.25) is 0 Å². The number of benzene rings is 10. The summed E-state index contributed by atoms with van der Waals surface area (Å²) in [6, 6.07) is 90.9. The molecule has 4 nitrogen and oxygen atoms in total. The van der Waals surface area contributed by atoms with Crippen molar-refractivity contribution >= 4 is 94.2 Å². The highest BCUT2D eigenvalue weighted by molar-refractivity contribution is 7.19. The Morgan fingerprint density at radius 1 is 0.303 bits per heavy atom. The normalized spacial score (nSPS) is 11.9. The maximum absolute atomic E-state index is 9.98. The van der Waals surface area contributed by atoms with Gasteiger partial charge in [0.25, 0.3) is 0 Å². The van der Waals surface area contributed by atoms with Gasteiger partial charge in [0.15, 0.2) is 8.07 Å². The summed E-state index contributed by atoms with van der Waals surface area (Å²) in [5.41, 5.74) is 10.7. The van der Waals surface area contributed by atoms with Crippen molar-refractivity contribution < 1.29 is 0 Å². The van der Waals surface area contributed by atoms with Crippen LogP contribution < -0.4 is 20.7 Å². The van der Waals surface area contributed by atoms with E-state index in [2.05, 4.69) is 250 Å². The molecule has 0 aliphatic rings. The molecule has 0 aliphatic heterocycles. The summed E-state index contributed by atoms with van der Waals surface area (Å²) in [4.78, 5) is 0. The predicted octanol–water partition coefficient (Wildman–Crippen LogP) is 12.2. The Morgan fingerprint density at radius 2 is 0.758 bits per heavy atom. The average Bonchev–Trinajstić information content (AvgIpc) is 4.03. The molecule has 0 radical (unpaired) electrons. The van der Waals surface area contributed by atoms with Crippen molar-refractivity contribution in [1.82, 2.24) is 13.7 Å². The summed E-state index contributed by atoms with van der Waals surface area (Å²) in [6.07, 6.45) is 0. The lowest BCUT2D eigenvalue weighted by Crippen LogP contribution is -2.74. The topological polar surface area (TPSA) is 38.6 Å². The number of para-hydroxylation sites is 3. The van der Waals surface area contributed by atoms with Crippen LogP contribution in [0.2, 0.25) is 0 Å². The van der Waals surface area contributed by atoms with Crippen LogP contribution in [0.25, 0.3) is 82.5 Å². The van der Waals surface area contributed by atoms with Crippen molar-refractivity contribution in [2.24, 2.45) is 0 Å². The molecule has 0 N–H and O–H groups in total. The van der Waals surface area contributed by atoms with E-state index in [1.54, 1.807) is 0 Å². The molecule has 5 heteroatoms. The third kappa shape index (κ3) is 5.49. The first-order chi connectivity index (χ1) is 32.7. The molecule has 0 atom stereocenters. The van der Waals surface area contributed by atoms with Crippen molar-refractivity contribution in [2.75, 3.05) is 0 Å². The zero-order valence-corrected chi connectivity index (χ0v) is 36.9. The highest BCUT2D eigenvalue weighted by atomic mass is 28.3. The van der Waals surface area contributed by atoms with E-state index in [9.17, 15) is 5.26 Å². The van der Waals surface area contributed by atoms with Crippen LogP contribution in [0.3, 0.4) is 0 Å². The van der Waals surface area contributed by atoms with Crippen molar-refractivity contribution in [3.05, 3.63) is 248 Å². The van der Waals surface area contributed by atoms with E-state index in [4.69, 9.17) is 0 Å². The summed E-state index contributed by atoms with van der Waals surface area (Å²) in [7, 11) is -2.68. The van der Waals surface area contributed by atoms with Crippen LogP contribution in [0.5, 0.6) is 0 Å². The molecule has 0 fully saturated rings. The Hall–Kier alpha value is -8.69. The van der Waals surface area contributed by atoms with Crippen LogP contribution >= 0.6 is 0 Å². The van der Waals surface area contributed by atoms with Gasteiger partial charge in [0.1, 0.15) is 0 Å². The summed E-state index contributed by atoms with van der Waals surface area (Å²) >= 11 is 0. The first-order valence-electron chi connectivity index (χ1n) is 22.5. The molecular weight excluding hydrogens is 817 g/mol. The molecule has 308 valence electrons. The number of hydrogen-bond acceptors (Lipinski definition) is 1. The second-order valence-electron chi connectivity index (χ2n) is 17.2. The van der Waals surface area contributed by atoms with E-state index < -0.39 is 8.07 Å². The van der Waals surface area contributed by atoms with Crippen LogP contribution in [0.15, 0.2) is 243 Å². The SMILES string of the molecule is N#Cc1ccc2c3ccccc3n(-c3cccc4c3c3ccccc3n4-c3ccc4c(c3)c3ccccc3n4-c3ccc([Si](c4ccccc4)(c4ccccc4)c4ccccc4)cc3)c2c1. The van der Waals surface area contributed by atoms with E-state index in [1.807, 2.05) is 12.1 Å². The van der Waals surface area contributed by atoms with Gasteiger partial charge in [-0.3, -0.25) is 0 Å². The molecule has 0 amide bonds. The highest BCUT2D eigenvalue weighted by Gasteiger charge is 2.41. The van der Waals surface area contributed by atoms with Crippen molar-refractivity contribution in [2.45, 2.75) is 0 Å². The van der Waals surface area contributed by atoms with Gasteiger partial charge in [-0.05, 0) is 93.5 Å². The van der Waals surface area contributed by atoms with E-state index in [1.165, 1.54) is 53.2 Å². The van der Waals surface area contributed by atoms with E-state index in [0.717, 1.165) is 50.0 Å². The molecular formula is C61H40N4Si. The first-order valence-corrected chi connectivity index (χ1v) is 24.5. The van der Waals surface area contributed by atoms with E-state index >= 15 is 0 Å². The molecule has 0 saturated heterocycles. The van der Waals surface area contributed by atoms with Gasteiger partial charge in [0, 0.05) is 43.7 Å². The smallest absolute Gasteiger partial charge is 0.179 e. The Morgan fingerprint density at radius 3 is 1.38 bits per heavy atom. The standard InChI is InChI=1S/C61H40N4Si/c62-41-42-31-37-51-49-23-10-14-27-55(49)65(60(51)39-42)59-30-16-29-58-61(59)52-25-12-15-28-56(52)64(58)44-34-38-57-53(40-44)50-24-11-13-26-54(50)63(57)43-32-35-48(36-33-43)66(45-17-4-1-5-18-45,46-19-6-2-7-20-46)47-21-8-3-9-22-47/h1-40H. The number of rotatable bonds is 7. The lowest BCUT2D eigenvalue weighted by Gasteiger charge is -2.34. The molecule has 3 aromatic heterocycles. The third-order valence-corrected chi connectivity index (χ3v) is 18.6. The van der Waals surface area contributed by atoms with Gasteiger partial charge >= 0.3 is 0 Å². The van der Waals surface area contributed by atoms with Crippen molar-refractivity contribution in [1.29, 1.82) is 5.26 Å². The minimum atomic E-state index is -2.68. The molecule has 0 saturated carbocycles. The van der Waals surface area contributed by atoms with Crippen LogP contribution in [0.4, 0.5) is 0 Å². The van der Waals surface area contributed by atoms with Gasteiger partial charge in [-0.15, -0.1) is 0 Å². The van der Waals surface area contributed by atoms with Gasteiger partial charge in [-0.25, -0.2) is 0 Å². The van der Waals surface area contributed by atoms with Crippen LogP contribution in [0, 0.1) is 11.3 Å². The second-order valence-corrected chi connectivity index (χ2v) is 21.0. The maximum Gasteiger partial charge on any atom is 0.179 e. The van der Waals surface area contributed by atoms with Gasteiger partial charge in [-0.1, -0.05) is 170 Å². The quantitative estimate of drug-likeness (QED) is 0.116. The lowest BCUT2D eigenvalue weighted by molar-refractivity contribution is 1.16. The van der Waals surface area contributed by atoms with Crippen molar-refractivity contribution in [3.63, 3.8) is 0 Å². The fraction of sp³-hybridized carbons (Fsp3) is 0. The number of fused-ring (bicyclic) bond motifs is 9. The van der Waals surface area contributed by atoms with Gasteiger partial charge in [-0.2, -0.15) is 5.26 Å².